The maximum atomic E-state index is 13.8. The molecule has 1 aromatic carbocycles. The highest BCUT2D eigenvalue weighted by Gasteiger charge is 2.71. The van der Waals surface area contributed by atoms with Gasteiger partial charge in [-0.1, -0.05) is 19.1 Å². The van der Waals surface area contributed by atoms with Crippen molar-refractivity contribution in [1.82, 2.24) is 4.90 Å². The van der Waals surface area contributed by atoms with E-state index in [0.29, 0.717) is 18.4 Å². The van der Waals surface area contributed by atoms with Crippen molar-refractivity contribution in [2.75, 3.05) is 13.7 Å². The number of hydrogen-bond acceptors (Lipinski definition) is 4. The molecule has 2 amide bonds. The minimum absolute atomic E-state index is 0.254. The van der Waals surface area contributed by atoms with E-state index in [1.54, 1.807) is 24.4 Å². The molecular formula is C19H24FN2O4+. The first-order valence-electron chi connectivity index (χ1n) is 8.96. The fraction of sp³-hybridized carbons (Fsp3) is 0.526. The Hall–Kier alpha value is -2.28. The highest BCUT2D eigenvalue weighted by atomic mass is 19.1. The topological polar surface area (TPSA) is 80.3 Å². The molecule has 4 atom stereocenters. The zero-order valence-corrected chi connectivity index (χ0v) is 15.2. The van der Waals surface area contributed by atoms with Crippen LogP contribution in [0.3, 0.4) is 0 Å². The Morgan fingerprint density at radius 1 is 1.31 bits per heavy atom. The third-order valence-corrected chi connectivity index (χ3v) is 5.64. The number of quaternary nitrogens is 1. The van der Waals surface area contributed by atoms with Crippen LogP contribution in [0.15, 0.2) is 24.3 Å². The van der Waals surface area contributed by atoms with Crippen LogP contribution in [0.4, 0.5) is 4.39 Å². The summed E-state index contributed by atoms with van der Waals surface area (Å²) in [5, 5.41) is 1.76. The zero-order chi connectivity index (χ0) is 19.1. The number of esters is 1. The van der Waals surface area contributed by atoms with Gasteiger partial charge in [-0.15, -0.1) is 0 Å². The Morgan fingerprint density at radius 3 is 2.62 bits per heavy atom. The first-order chi connectivity index (χ1) is 12.4. The monoisotopic (exact) mass is 363 g/mol. The summed E-state index contributed by atoms with van der Waals surface area (Å²) in [5.41, 5.74) is -0.567. The van der Waals surface area contributed by atoms with Crippen LogP contribution in [0.2, 0.25) is 0 Å². The molecule has 0 aliphatic carbocycles. The van der Waals surface area contributed by atoms with Gasteiger partial charge in [-0.05, 0) is 25.5 Å². The van der Waals surface area contributed by atoms with Crippen LogP contribution in [-0.4, -0.2) is 41.9 Å². The van der Waals surface area contributed by atoms with E-state index in [1.165, 1.54) is 24.1 Å². The molecule has 2 aliphatic heterocycles. The number of halogens is 1. The molecule has 1 aromatic rings. The number of hydrogen-bond donors (Lipinski definition) is 1. The Bertz CT molecular complexity index is 753. The van der Waals surface area contributed by atoms with E-state index in [1.807, 2.05) is 6.92 Å². The molecule has 7 heteroatoms. The molecule has 0 spiro atoms. The molecular weight excluding hydrogens is 339 g/mol. The van der Waals surface area contributed by atoms with Crippen LogP contribution >= 0.6 is 0 Å². The second-order valence-corrected chi connectivity index (χ2v) is 6.95. The molecule has 6 nitrogen and oxygen atoms in total. The van der Waals surface area contributed by atoms with Crippen LogP contribution in [-0.2, 0) is 19.1 Å². The summed E-state index contributed by atoms with van der Waals surface area (Å²) >= 11 is 0. The van der Waals surface area contributed by atoms with Crippen LogP contribution in [0.5, 0.6) is 0 Å². The van der Waals surface area contributed by atoms with Crippen molar-refractivity contribution in [3.8, 4) is 0 Å². The summed E-state index contributed by atoms with van der Waals surface area (Å²) in [7, 11) is 1.29. The lowest BCUT2D eigenvalue weighted by molar-refractivity contribution is -0.735. The van der Waals surface area contributed by atoms with Crippen molar-refractivity contribution >= 4 is 17.8 Å². The number of methoxy groups -OCH3 is 1. The van der Waals surface area contributed by atoms with Crippen LogP contribution in [0.1, 0.15) is 38.3 Å². The number of fused-ring (bicyclic) bond motifs is 1. The van der Waals surface area contributed by atoms with Crippen LogP contribution in [0, 0.1) is 17.7 Å². The minimum atomic E-state index is -1.16. The molecule has 2 heterocycles. The number of imide groups is 1. The SMILES string of the molecule is CCC[C@@]1(C(=O)OC)[NH2+][C@@H](c2cccc(F)c2)[C@H]2C(=O)N(CC)C(=O)[C@H]21. The standard InChI is InChI=1S/C19H23FN2O4/c1-4-9-19(18(25)26-3)14-13(16(23)22(5-2)17(14)24)15(21-19)11-7-6-8-12(20)10-11/h6-8,10,13-15,21H,4-5,9H2,1-3H3/p+1/t13-,14-,15-,19+/m0/s1. The molecule has 2 saturated heterocycles. The molecule has 0 saturated carbocycles. The number of ether oxygens (including phenoxy) is 1. The first-order valence-corrected chi connectivity index (χ1v) is 8.96. The number of likely N-dealkylation sites (tertiary alicyclic amines) is 1. The van der Waals surface area contributed by atoms with Crippen molar-refractivity contribution in [3.05, 3.63) is 35.6 Å². The molecule has 2 aliphatic rings. The van der Waals surface area contributed by atoms with E-state index < -0.39 is 35.2 Å². The highest BCUT2D eigenvalue weighted by Crippen LogP contribution is 2.46. The Morgan fingerprint density at radius 2 is 2.04 bits per heavy atom. The predicted octanol–water partition coefficient (Wildman–Crippen LogP) is 0.777. The molecule has 0 unspecified atom stereocenters. The third-order valence-electron chi connectivity index (χ3n) is 5.64. The van der Waals surface area contributed by atoms with Crippen molar-refractivity contribution in [1.29, 1.82) is 0 Å². The van der Waals surface area contributed by atoms with E-state index in [4.69, 9.17) is 4.74 Å². The number of rotatable bonds is 5. The summed E-state index contributed by atoms with van der Waals surface area (Å²) in [5.74, 6) is -3.05. The van der Waals surface area contributed by atoms with E-state index in [-0.39, 0.29) is 18.4 Å². The van der Waals surface area contributed by atoms with Crippen molar-refractivity contribution < 1.29 is 28.8 Å². The molecule has 3 rings (SSSR count). The van der Waals surface area contributed by atoms with Gasteiger partial charge in [-0.3, -0.25) is 14.5 Å². The van der Waals surface area contributed by atoms with Crippen LogP contribution in [0.25, 0.3) is 0 Å². The van der Waals surface area contributed by atoms with Gasteiger partial charge in [0, 0.05) is 18.5 Å². The quantitative estimate of drug-likeness (QED) is 0.619. The van der Waals surface area contributed by atoms with Gasteiger partial charge in [0.25, 0.3) is 0 Å². The number of carbonyl (C=O) groups is 3. The molecule has 140 valence electrons. The first kappa shape index (κ1) is 18.5. The summed E-state index contributed by atoms with van der Waals surface area (Å²) in [4.78, 5) is 39.9. The number of benzene rings is 1. The summed E-state index contributed by atoms with van der Waals surface area (Å²) in [6.07, 6.45) is 1.06. The lowest BCUT2D eigenvalue weighted by Gasteiger charge is -2.28. The number of amides is 2. The maximum Gasteiger partial charge on any atom is 0.368 e. The Kier molecular flexibility index (Phi) is 4.84. The van der Waals surface area contributed by atoms with Gasteiger partial charge in [0.05, 0.1) is 7.11 Å². The average molecular weight is 363 g/mol. The van der Waals surface area contributed by atoms with Gasteiger partial charge in [0.15, 0.2) is 0 Å². The normalized spacial score (nSPS) is 30.6. The highest BCUT2D eigenvalue weighted by molar-refractivity contribution is 6.08. The van der Waals surface area contributed by atoms with Crippen molar-refractivity contribution in [3.63, 3.8) is 0 Å². The van der Waals surface area contributed by atoms with Gasteiger partial charge < -0.3 is 10.1 Å². The summed E-state index contributed by atoms with van der Waals surface area (Å²) < 4.78 is 18.8. The van der Waals surface area contributed by atoms with Crippen molar-refractivity contribution in [2.45, 2.75) is 38.3 Å². The zero-order valence-electron chi connectivity index (χ0n) is 15.2. The van der Waals surface area contributed by atoms with Gasteiger partial charge in [-0.2, -0.15) is 0 Å². The number of nitrogens with two attached hydrogens (primary N) is 1. The van der Waals surface area contributed by atoms with E-state index in [9.17, 15) is 18.8 Å². The fourth-order valence-corrected chi connectivity index (χ4v) is 4.65. The third kappa shape index (κ3) is 2.53. The molecule has 2 fully saturated rings. The molecule has 0 bridgehead atoms. The number of nitrogens with zero attached hydrogens (tertiary/aromatic N) is 1. The van der Waals surface area contributed by atoms with Crippen LogP contribution < -0.4 is 5.32 Å². The van der Waals surface area contributed by atoms with Gasteiger partial charge in [0.1, 0.15) is 23.7 Å². The minimum Gasteiger partial charge on any atom is -0.464 e. The summed E-state index contributed by atoms with van der Waals surface area (Å²) in [6.45, 7) is 3.91. The second-order valence-electron chi connectivity index (χ2n) is 6.95. The molecule has 0 aromatic heterocycles. The maximum absolute atomic E-state index is 13.8. The average Bonchev–Trinajstić information content (AvgIpc) is 3.09. The largest absolute Gasteiger partial charge is 0.464 e. The van der Waals surface area contributed by atoms with Crippen molar-refractivity contribution in [2.24, 2.45) is 11.8 Å². The second kappa shape index (κ2) is 6.79. The molecule has 26 heavy (non-hydrogen) atoms. The molecule has 2 N–H and O–H groups in total. The van der Waals surface area contributed by atoms with Gasteiger partial charge >= 0.3 is 5.97 Å². The Labute approximate surface area is 151 Å². The lowest BCUT2D eigenvalue weighted by Crippen LogP contribution is -2.98. The smallest absolute Gasteiger partial charge is 0.368 e. The fourth-order valence-electron chi connectivity index (χ4n) is 4.65. The van der Waals surface area contributed by atoms with Gasteiger partial charge in [-0.25, -0.2) is 9.18 Å². The predicted molar refractivity (Wildman–Crippen MR) is 90.1 cm³/mol. The van der Waals surface area contributed by atoms with Gasteiger partial charge in [0.2, 0.25) is 17.4 Å². The lowest BCUT2D eigenvalue weighted by atomic mass is 9.77. The Balaban J connectivity index is 2.15. The molecule has 0 radical (unpaired) electrons. The van der Waals surface area contributed by atoms with E-state index >= 15 is 0 Å². The number of carbonyl (C=O) groups excluding carboxylic acids is 3. The van der Waals surface area contributed by atoms with E-state index in [2.05, 4.69) is 0 Å². The summed E-state index contributed by atoms with van der Waals surface area (Å²) in [6, 6.07) is 5.49. The van der Waals surface area contributed by atoms with E-state index in [0.717, 1.165) is 0 Å².